The zero-order valence-corrected chi connectivity index (χ0v) is 10.2. The summed E-state index contributed by atoms with van der Waals surface area (Å²) in [6.07, 6.45) is 0. The van der Waals surface area contributed by atoms with Gasteiger partial charge in [-0.15, -0.1) is 0 Å². The number of anilines is 1. The van der Waals surface area contributed by atoms with Gasteiger partial charge < -0.3 is 10.4 Å². The van der Waals surface area contributed by atoms with Crippen LogP contribution < -0.4 is 5.32 Å². The van der Waals surface area contributed by atoms with Gasteiger partial charge in [0.05, 0.1) is 16.3 Å². The van der Waals surface area contributed by atoms with Crippen molar-refractivity contribution in [3.8, 4) is 5.75 Å². The van der Waals surface area contributed by atoms with Crippen molar-refractivity contribution in [2.75, 3.05) is 5.32 Å². The van der Waals surface area contributed by atoms with Crippen LogP contribution in [0.3, 0.4) is 0 Å². The summed E-state index contributed by atoms with van der Waals surface area (Å²) in [5, 5.41) is 11.9. The number of benzene rings is 2. The topological polar surface area (TPSA) is 49.3 Å². The summed E-state index contributed by atoms with van der Waals surface area (Å²) in [4.78, 5) is 11.8. The van der Waals surface area contributed by atoms with Gasteiger partial charge in [0.15, 0.2) is 0 Å². The Morgan fingerprint density at radius 2 is 1.74 bits per heavy atom. The molecule has 0 radical (unpaired) electrons. The third-order valence-corrected chi connectivity index (χ3v) is 2.71. The largest absolute Gasteiger partial charge is 0.507 e. The maximum Gasteiger partial charge on any atom is 0.259 e. The fourth-order valence-electron chi connectivity index (χ4n) is 1.47. The number of phenols is 1. The van der Waals surface area contributed by atoms with Crippen LogP contribution in [0.1, 0.15) is 10.4 Å². The van der Waals surface area contributed by atoms with Gasteiger partial charge in [-0.2, -0.15) is 0 Å². The van der Waals surface area contributed by atoms with Crippen LogP contribution in [0.5, 0.6) is 5.75 Å². The summed E-state index contributed by atoms with van der Waals surface area (Å²) in [6, 6.07) is 6.38. The summed E-state index contributed by atoms with van der Waals surface area (Å²) < 4.78 is 26.0. The van der Waals surface area contributed by atoms with Crippen molar-refractivity contribution in [1.29, 1.82) is 0 Å². The molecule has 0 atom stereocenters. The maximum absolute atomic E-state index is 13.0. The van der Waals surface area contributed by atoms with Crippen molar-refractivity contribution in [3.05, 3.63) is 58.6 Å². The van der Waals surface area contributed by atoms with Crippen molar-refractivity contribution in [2.45, 2.75) is 0 Å². The van der Waals surface area contributed by atoms with Crippen molar-refractivity contribution in [2.24, 2.45) is 0 Å². The number of aromatic hydroxyl groups is 1. The summed E-state index contributed by atoms with van der Waals surface area (Å²) in [5.74, 6) is -2.42. The van der Waals surface area contributed by atoms with Gasteiger partial charge in [-0.25, -0.2) is 8.78 Å². The molecule has 0 aliphatic rings. The Bertz CT molecular complexity index is 647. The van der Waals surface area contributed by atoms with Gasteiger partial charge in [-0.1, -0.05) is 11.6 Å². The van der Waals surface area contributed by atoms with Gasteiger partial charge in [0.25, 0.3) is 5.91 Å². The molecule has 2 rings (SSSR count). The Kier molecular flexibility index (Phi) is 3.66. The molecule has 0 fully saturated rings. The van der Waals surface area contributed by atoms with Gasteiger partial charge in [-0.05, 0) is 36.4 Å². The molecule has 0 aliphatic carbocycles. The summed E-state index contributed by atoms with van der Waals surface area (Å²) in [5.41, 5.74) is -0.226. The Hall–Kier alpha value is -2.14. The zero-order valence-electron chi connectivity index (χ0n) is 9.45. The summed E-state index contributed by atoms with van der Waals surface area (Å²) in [7, 11) is 0. The molecule has 0 aliphatic heterocycles. The van der Waals surface area contributed by atoms with Crippen LogP contribution in [0, 0.1) is 11.6 Å². The van der Waals surface area contributed by atoms with Gasteiger partial charge >= 0.3 is 0 Å². The van der Waals surface area contributed by atoms with E-state index in [1.165, 1.54) is 6.07 Å². The van der Waals surface area contributed by atoms with E-state index in [4.69, 9.17) is 11.6 Å². The average molecular weight is 284 g/mol. The second-order valence-corrected chi connectivity index (χ2v) is 4.15. The maximum atomic E-state index is 13.0. The first-order valence-electron chi connectivity index (χ1n) is 5.22. The lowest BCUT2D eigenvalue weighted by atomic mass is 10.1. The lowest BCUT2D eigenvalue weighted by Gasteiger charge is -2.08. The van der Waals surface area contributed by atoms with Crippen molar-refractivity contribution in [1.82, 2.24) is 0 Å². The van der Waals surface area contributed by atoms with Gasteiger partial charge in [0.2, 0.25) is 0 Å². The van der Waals surface area contributed by atoms with E-state index in [0.717, 1.165) is 30.3 Å². The van der Waals surface area contributed by atoms with Gasteiger partial charge in [-0.3, -0.25) is 4.79 Å². The molecule has 19 heavy (non-hydrogen) atoms. The van der Waals surface area contributed by atoms with Crippen LogP contribution >= 0.6 is 11.6 Å². The Morgan fingerprint density at radius 1 is 1.11 bits per heavy atom. The van der Waals surface area contributed by atoms with E-state index in [2.05, 4.69) is 5.32 Å². The third-order valence-electron chi connectivity index (χ3n) is 2.38. The first-order chi connectivity index (χ1) is 8.97. The number of carbonyl (C=O) groups is 1. The number of hydrogen-bond acceptors (Lipinski definition) is 2. The minimum absolute atomic E-state index is 0.0373. The molecule has 3 nitrogen and oxygen atoms in total. The average Bonchev–Trinajstić information content (AvgIpc) is 2.36. The molecule has 0 saturated heterocycles. The molecule has 98 valence electrons. The Morgan fingerprint density at radius 3 is 2.47 bits per heavy atom. The number of halogens is 3. The Balaban J connectivity index is 2.30. The van der Waals surface area contributed by atoms with E-state index in [9.17, 15) is 18.7 Å². The Labute approximate surface area is 112 Å². The number of phenolic OH excluding ortho intramolecular Hbond substituents is 1. The predicted molar refractivity (Wildman–Crippen MR) is 67.4 cm³/mol. The van der Waals surface area contributed by atoms with Crippen molar-refractivity contribution >= 4 is 23.2 Å². The molecular formula is C13H8ClF2NO2. The molecule has 0 heterocycles. The number of hydrogen-bond donors (Lipinski definition) is 2. The van der Waals surface area contributed by atoms with Crippen molar-refractivity contribution in [3.63, 3.8) is 0 Å². The van der Waals surface area contributed by atoms with Crippen LogP contribution in [0.4, 0.5) is 14.5 Å². The fraction of sp³-hybridized carbons (Fsp3) is 0. The minimum Gasteiger partial charge on any atom is -0.507 e. The lowest BCUT2D eigenvalue weighted by molar-refractivity contribution is 0.102. The molecule has 2 aromatic carbocycles. The van der Waals surface area contributed by atoms with E-state index in [0.29, 0.717) is 0 Å². The van der Waals surface area contributed by atoms with Crippen LogP contribution in [0.2, 0.25) is 5.02 Å². The number of carbonyl (C=O) groups excluding carboxylic acids is 1. The number of amides is 1. The highest BCUT2D eigenvalue weighted by molar-refractivity contribution is 6.33. The molecule has 1 amide bonds. The van der Waals surface area contributed by atoms with Crippen LogP contribution in [0.15, 0.2) is 36.4 Å². The molecule has 0 saturated carbocycles. The molecule has 2 aromatic rings. The lowest BCUT2D eigenvalue weighted by Crippen LogP contribution is -2.13. The number of nitrogens with one attached hydrogen (secondary N) is 1. The molecule has 0 bridgehead atoms. The van der Waals surface area contributed by atoms with E-state index in [1.807, 2.05) is 0 Å². The predicted octanol–water partition coefficient (Wildman–Crippen LogP) is 3.58. The first-order valence-corrected chi connectivity index (χ1v) is 5.60. The normalized spacial score (nSPS) is 10.3. The highest BCUT2D eigenvalue weighted by atomic mass is 35.5. The number of rotatable bonds is 2. The van der Waals surface area contributed by atoms with Crippen LogP contribution in [-0.4, -0.2) is 11.0 Å². The van der Waals surface area contributed by atoms with Gasteiger partial charge in [0, 0.05) is 0 Å². The first kappa shape index (κ1) is 13.3. The van der Waals surface area contributed by atoms with Crippen LogP contribution in [-0.2, 0) is 0 Å². The second-order valence-electron chi connectivity index (χ2n) is 3.74. The second kappa shape index (κ2) is 5.24. The van der Waals surface area contributed by atoms with Crippen LogP contribution in [0.25, 0.3) is 0 Å². The van der Waals surface area contributed by atoms with Gasteiger partial charge in [0.1, 0.15) is 17.4 Å². The van der Waals surface area contributed by atoms with Crippen molar-refractivity contribution < 1.29 is 18.7 Å². The van der Waals surface area contributed by atoms with E-state index in [-0.39, 0.29) is 22.0 Å². The molecule has 0 spiro atoms. The standard InChI is InChI=1S/C13H8ClF2NO2/c14-10-3-1-8(16)6-11(10)17-13(19)9-5-7(15)2-4-12(9)18/h1-6,18H,(H,17,19). The SMILES string of the molecule is O=C(Nc1cc(F)ccc1Cl)c1cc(F)ccc1O. The van der Waals surface area contributed by atoms with E-state index >= 15 is 0 Å². The molecule has 0 aromatic heterocycles. The monoisotopic (exact) mass is 283 g/mol. The zero-order chi connectivity index (χ0) is 14.0. The fourth-order valence-corrected chi connectivity index (χ4v) is 1.64. The molecular weight excluding hydrogens is 276 g/mol. The summed E-state index contributed by atoms with van der Waals surface area (Å²) >= 11 is 5.78. The smallest absolute Gasteiger partial charge is 0.259 e. The van der Waals surface area contributed by atoms with E-state index in [1.54, 1.807) is 0 Å². The van der Waals surface area contributed by atoms with E-state index < -0.39 is 17.5 Å². The highest BCUT2D eigenvalue weighted by Crippen LogP contribution is 2.25. The molecule has 0 unspecified atom stereocenters. The molecule has 6 heteroatoms. The summed E-state index contributed by atoms with van der Waals surface area (Å²) in [6.45, 7) is 0. The third kappa shape index (κ3) is 3.00. The highest BCUT2D eigenvalue weighted by Gasteiger charge is 2.14. The minimum atomic E-state index is -0.787. The molecule has 2 N–H and O–H groups in total. The quantitative estimate of drug-likeness (QED) is 0.885.